The molecule has 0 aromatic carbocycles. The number of nitrogen functional groups attached to an aromatic ring is 3. The Balaban J connectivity index is 0.662. The van der Waals surface area contributed by atoms with Crippen LogP contribution in [0.2, 0.25) is 0 Å². The fraction of sp³-hybridized carbons (Fsp3) is 0.690. The molecule has 6 aromatic rings. The number of allylic oxidation sites excluding steroid dienone is 1. The molecule has 0 amide bonds. The van der Waals surface area contributed by atoms with E-state index in [9.17, 15) is 28.8 Å². The molecule has 488 valence electrons. The molecule has 3 aliphatic heterocycles. The smallest absolute Gasteiger partial charge is 0.431 e. The van der Waals surface area contributed by atoms with Gasteiger partial charge in [0.1, 0.15) is 53.8 Å². The van der Waals surface area contributed by atoms with Crippen LogP contribution in [0.1, 0.15) is 143 Å². The van der Waals surface area contributed by atoms with E-state index in [1.54, 1.807) is 4.57 Å². The molecule has 13 rings (SSSR count). The van der Waals surface area contributed by atoms with Gasteiger partial charge >= 0.3 is 21.8 Å². The number of carbonyl (C=O) groups excluding carboxylic acids is 1. The molecular formula is C58H81N15O15P2. The summed E-state index contributed by atoms with van der Waals surface area (Å²) in [6, 6.07) is 0. The van der Waals surface area contributed by atoms with Crippen LogP contribution in [0.5, 0.6) is 0 Å². The van der Waals surface area contributed by atoms with Crippen molar-refractivity contribution >= 4 is 72.7 Å². The number of phosphoric ester groups is 2. The molecule has 2 unspecified atom stereocenters. The van der Waals surface area contributed by atoms with Crippen molar-refractivity contribution < 1.29 is 70.6 Å². The Morgan fingerprint density at radius 3 is 1.70 bits per heavy atom. The standard InChI is InChI=1S/C58H81N15O15P2/c1-30(2)7-6-8-31(3)38-11-12-39-37-10-9-32-17-33(13-15-57(32,4)40(37)14-16-58(38,39)5)85-56(75)86-41-19-35(83-53(41)71-27-68-44-47(59)62-24-65-50(44)71)22-80-90(78,79)88-43-20-36(84-55(43)73-29-70-46-49(61)64-26-67-52(46)73)23-81-89(76,77)87-42-18-34(21-74)82-54(42)72-28-69-45-48(60)63-25-66-51(45)72/h9,24-31,33-43,53-55,74H,6-8,10-23H2,1-5H3,(H,76,77)(H,78,79)(H2,59,62,65)(H2,60,63,66)(H2,61,64,67)/t31-,33+,34+,35+,36+,37+,38-,39+,40+,41-,42-,43-,53-,54-,55-,57+,58-/m1/s1. The van der Waals surface area contributed by atoms with Crippen LogP contribution in [0.25, 0.3) is 33.5 Å². The second-order valence-electron chi connectivity index (χ2n) is 26.6. The van der Waals surface area contributed by atoms with Crippen molar-refractivity contribution in [2.45, 2.75) is 186 Å². The third-order valence-electron chi connectivity index (χ3n) is 20.8. The highest BCUT2D eigenvalue weighted by Crippen LogP contribution is 2.68. The van der Waals surface area contributed by atoms with Gasteiger partial charge in [-0.15, -0.1) is 0 Å². The normalized spacial score (nSPS) is 34.3. The van der Waals surface area contributed by atoms with Gasteiger partial charge in [0.05, 0.1) is 57.1 Å². The van der Waals surface area contributed by atoms with Gasteiger partial charge in [-0.3, -0.25) is 31.8 Å². The fourth-order valence-corrected chi connectivity index (χ4v) is 18.4. The van der Waals surface area contributed by atoms with E-state index < -0.39 is 103 Å². The largest absolute Gasteiger partial charge is 0.508 e. The lowest BCUT2D eigenvalue weighted by molar-refractivity contribution is -0.0784. The number of aliphatic hydroxyl groups is 1. The van der Waals surface area contributed by atoms with Crippen LogP contribution < -0.4 is 17.2 Å². The number of anilines is 3. The predicted molar refractivity (Wildman–Crippen MR) is 321 cm³/mol. The van der Waals surface area contributed by atoms with E-state index in [1.165, 1.54) is 97.6 Å². The Labute approximate surface area is 518 Å². The summed E-state index contributed by atoms with van der Waals surface area (Å²) in [7, 11) is -10.1. The molecule has 7 aliphatic rings. The van der Waals surface area contributed by atoms with Crippen molar-refractivity contribution in [3.63, 3.8) is 0 Å². The molecular weight excluding hydrogens is 1210 g/mol. The van der Waals surface area contributed by atoms with E-state index in [0.717, 1.165) is 36.5 Å². The molecule has 32 heteroatoms. The van der Waals surface area contributed by atoms with Gasteiger partial charge in [0.15, 0.2) is 59.2 Å². The first-order valence-electron chi connectivity index (χ1n) is 31.3. The maximum absolute atomic E-state index is 14.2. The monoisotopic (exact) mass is 1290 g/mol. The number of fused-ring (bicyclic) bond motifs is 8. The zero-order chi connectivity index (χ0) is 63.0. The summed E-state index contributed by atoms with van der Waals surface area (Å²) in [6.07, 6.45) is 11.3. The number of imidazole rings is 3. The average molecular weight is 1290 g/mol. The van der Waals surface area contributed by atoms with Crippen molar-refractivity contribution in [3.8, 4) is 0 Å². The number of rotatable bonds is 21. The fourth-order valence-electron chi connectivity index (χ4n) is 16.5. The molecule has 90 heavy (non-hydrogen) atoms. The molecule has 6 aromatic heterocycles. The van der Waals surface area contributed by atoms with Gasteiger partial charge in [-0.25, -0.2) is 58.8 Å². The highest BCUT2D eigenvalue weighted by atomic mass is 31.2. The van der Waals surface area contributed by atoms with Crippen molar-refractivity contribution in [3.05, 3.63) is 49.6 Å². The molecule has 0 radical (unpaired) electrons. The van der Waals surface area contributed by atoms with Crippen molar-refractivity contribution in [2.24, 2.45) is 46.3 Å². The molecule has 9 heterocycles. The van der Waals surface area contributed by atoms with E-state index >= 15 is 0 Å². The van der Waals surface area contributed by atoms with Crippen LogP contribution in [0.15, 0.2) is 49.6 Å². The van der Waals surface area contributed by atoms with Gasteiger partial charge in [0.25, 0.3) is 0 Å². The van der Waals surface area contributed by atoms with Gasteiger partial charge in [0, 0.05) is 25.7 Å². The maximum atomic E-state index is 14.2. The molecule has 3 saturated carbocycles. The number of aromatic nitrogens is 12. The number of aliphatic hydroxyl groups excluding tert-OH is 1. The number of nitrogens with zero attached hydrogens (tertiary/aromatic N) is 12. The minimum Gasteiger partial charge on any atom is -0.431 e. The number of nitrogens with two attached hydrogens (primary N) is 3. The predicted octanol–water partition coefficient (Wildman–Crippen LogP) is 8.04. The number of phosphoric acid groups is 2. The molecule has 30 nitrogen and oxygen atoms in total. The summed E-state index contributed by atoms with van der Waals surface area (Å²) in [5, 5.41) is 10.0. The van der Waals surface area contributed by atoms with Crippen LogP contribution in [0, 0.1) is 46.3 Å². The summed E-state index contributed by atoms with van der Waals surface area (Å²) in [6.45, 7) is 10.7. The Kier molecular flexibility index (Phi) is 17.4. The van der Waals surface area contributed by atoms with Gasteiger partial charge in [-0.05, 0) is 91.3 Å². The van der Waals surface area contributed by atoms with Crippen molar-refractivity contribution in [1.29, 1.82) is 0 Å². The van der Waals surface area contributed by atoms with E-state index in [4.69, 9.17) is 59.0 Å². The Bertz CT molecular complexity index is 3740. The van der Waals surface area contributed by atoms with Crippen molar-refractivity contribution in [2.75, 3.05) is 37.0 Å². The van der Waals surface area contributed by atoms with Crippen LogP contribution in [0.4, 0.5) is 22.2 Å². The number of hydrogen-bond donors (Lipinski definition) is 6. The first-order chi connectivity index (χ1) is 43.1. The van der Waals surface area contributed by atoms with Gasteiger partial charge in [-0.1, -0.05) is 65.5 Å². The molecule has 0 spiro atoms. The second-order valence-corrected chi connectivity index (χ2v) is 29.4. The van der Waals surface area contributed by atoms with Crippen LogP contribution >= 0.6 is 15.6 Å². The van der Waals surface area contributed by atoms with E-state index in [-0.39, 0.29) is 70.0 Å². The van der Waals surface area contributed by atoms with E-state index in [0.29, 0.717) is 35.7 Å². The molecule has 3 saturated heterocycles. The molecule has 6 fully saturated rings. The third kappa shape index (κ3) is 12.1. The SMILES string of the molecule is CC(C)CCC[C@@H](C)[C@H]1CC[C@H]2[C@@H]3CC=C4C[C@@H](OC(=O)O[C@@H]5C[C@@H](COP(=O)(O)O[C@@H]6C[C@@H](COP(=O)(O)O[C@@H]7C[C@@H](CO)O[C@H]7n7cnc8c(N)ncnc87)O[C@H]6n6cnc7c(N)ncnc76)O[C@H]5n5cnc6c(N)ncnc65)CC[C@]4(C)[C@H]3CC[C@]12C. The topological polar surface area (TPSA) is 404 Å². The zero-order valence-electron chi connectivity index (χ0n) is 51.0. The summed E-state index contributed by atoms with van der Waals surface area (Å²) in [5.41, 5.74) is 21.5. The lowest BCUT2D eigenvalue weighted by Gasteiger charge is -2.58. The first-order valence-corrected chi connectivity index (χ1v) is 34.3. The molecule has 9 N–H and O–H groups in total. The Morgan fingerprint density at radius 2 is 1.17 bits per heavy atom. The third-order valence-corrected chi connectivity index (χ3v) is 22.8. The van der Waals surface area contributed by atoms with Crippen LogP contribution in [-0.4, -0.2) is 142 Å². The minimum absolute atomic E-state index is 0.0205. The number of hydrogen-bond acceptors (Lipinski definition) is 25. The minimum atomic E-state index is -5.08. The van der Waals surface area contributed by atoms with E-state index in [1.807, 2.05) is 0 Å². The highest BCUT2D eigenvalue weighted by Gasteiger charge is 2.60. The van der Waals surface area contributed by atoms with Crippen molar-refractivity contribution in [1.82, 2.24) is 58.6 Å². The average Bonchev–Trinajstić information content (AvgIpc) is 1.22. The van der Waals surface area contributed by atoms with Gasteiger partial charge in [-0.2, -0.15) is 0 Å². The van der Waals surface area contributed by atoms with Gasteiger partial charge in [0.2, 0.25) is 0 Å². The van der Waals surface area contributed by atoms with Crippen LogP contribution in [-0.2, 0) is 50.9 Å². The zero-order valence-corrected chi connectivity index (χ0v) is 52.8. The summed E-state index contributed by atoms with van der Waals surface area (Å²) >= 11 is 0. The number of ether oxygens (including phenoxy) is 5. The maximum Gasteiger partial charge on any atom is 0.508 e. The number of carbonyl (C=O) groups is 1. The Morgan fingerprint density at radius 1 is 0.656 bits per heavy atom. The summed E-state index contributed by atoms with van der Waals surface area (Å²) in [4.78, 5) is 74.7. The quantitative estimate of drug-likeness (QED) is 0.0225. The highest BCUT2D eigenvalue weighted by molar-refractivity contribution is 7.47. The van der Waals surface area contributed by atoms with Gasteiger partial charge < -0.3 is 55.8 Å². The molecule has 19 atom stereocenters. The first kappa shape index (κ1) is 62.9. The lowest BCUT2D eigenvalue weighted by Crippen LogP contribution is -2.51. The second kappa shape index (κ2) is 24.9. The molecule has 0 bridgehead atoms. The Hall–Kier alpha value is -5.88. The summed E-state index contributed by atoms with van der Waals surface area (Å²) < 4.78 is 86.2. The van der Waals surface area contributed by atoms with Crippen LogP contribution in [0.3, 0.4) is 0 Å². The lowest BCUT2D eigenvalue weighted by atomic mass is 9.47. The summed E-state index contributed by atoms with van der Waals surface area (Å²) in [5.74, 6) is 4.48. The van der Waals surface area contributed by atoms with E-state index in [2.05, 4.69) is 85.6 Å². The molecule has 4 aliphatic carbocycles.